The number of nitrogens with zero attached hydrogens (tertiary/aromatic N) is 3. The molecule has 0 N–H and O–H groups in total. The second-order valence-electron chi connectivity index (χ2n) is 3.58. The Morgan fingerprint density at radius 2 is 2.18 bits per heavy atom. The van der Waals surface area contributed by atoms with Crippen LogP contribution in [0.4, 0.5) is 0 Å². The number of hydrogen-bond acceptors (Lipinski definition) is 5. The first-order chi connectivity index (χ1) is 8.15. The van der Waals surface area contributed by atoms with E-state index in [0.29, 0.717) is 0 Å². The predicted molar refractivity (Wildman–Crippen MR) is 72.6 cm³/mol. The Morgan fingerprint density at radius 1 is 1.47 bits per heavy atom. The van der Waals surface area contributed by atoms with Gasteiger partial charge in [0, 0.05) is 18.8 Å². The molecule has 1 fully saturated rings. The van der Waals surface area contributed by atoms with E-state index < -0.39 is 0 Å². The number of halogens is 1. The van der Waals surface area contributed by atoms with Crippen molar-refractivity contribution in [3.63, 3.8) is 0 Å². The molecular weight excluding hydrogens is 278 g/mol. The van der Waals surface area contributed by atoms with Gasteiger partial charge in [-0.25, -0.2) is 9.97 Å². The first-order valence-electron chi connectivity index (χ1n) is 5.21. The highest BCUT2D eigenvalue weighted by molar-refractivity contribution is 8.22. The maximum Gasteiger partial charge on any atom is 0.223 e. The van der Waals surface area contributed by atoms with E-state index in [9.17, 15) is 0 Å². The number of thioether (sulfide) groups is 1. The van der Waals surface area contributed by atoms with E-state index in [1.807, 2.05) is 13.0 Å². The smallest absolute Gasteiger partial charge is 0.223 e. The lowest BCUT2D eigenvalue weighted by Gasteiger charge is -2.28. The normalized spacial score (nSPS) is 16.0. The predicted octanol–water partition coefficient (Wildman–Crippen LogP) is 2.15. The molecule has 1 saturated heterocycles. The molecular formula is C10H12ClN3OS2. The molecule has 17 heavy (non-hydrogen) atoms. The van der Waals surface area contributed by atoms with Gasteiger partial charge in [-0.05, 0) is 36.4 Å². The Bertz CT molecular complexity index is 404. The van der Waals surface area contributed by atoms with Crippen molar-refractivity contribution in [1.82, 2.24) is 14.9 Å². The molecule has 0 saturated carbocycles. The first kappa shape index (κ1) is 13.0. The van der Waals surface area contributed by atoms with Crippen LogP contribution < -0.4 is 0 Å². The van der Waals surface area contributed by atoms with E-state index in [4.69, 9.17) is 28.6 Å². The summed E-state index contributed by atoms with van der Waals surface area (Å²) in [6, 6.07) is 1.88. The van der Waals surface area contributed by atoms with Crippen LogP contribution in [0, 0.1) is 6.92 Å². The third-order valence-corrected chi connectivity index (χ3v) is 3.79. The molecule has 4 nitrogen and oxygen atoms in total. The fourth-order valence-electron chi connectivity index (χ4n) is 1.46. The van der Waals surface area contributed by atoms with Crippen molar-refractivity contribution in [2.75, 3.05) is 26.3 Å². The molecule has 0 aliphatic carbocycles. The van der Waals surface area contributed by atoms with Crippen molar-refractivity contribution in [3.05, 3.63) is 17.0 Å². The molecule has 0 unspecified atom stereocenters. The van der Waals surface area contributed by atoms with Crippen molar-refractivity contribution in [3.8, 4) is 0 Å². The number of hydrogen-bond donors (Lipinski definition) is 0. The fraction of sp³-hybridized carbons (Fsp3) is 0.500. The Kier molecular flexibility index (Phi) is 4.55. The van der Waals surface area contributed by atoms with Gasteiger partial charge in [0.05, 0.1) is 13.2 Å². The molecule has 0 atom stereocenters. The minimum absolute atomic E-state index is 0.261. The number of morpholine rings is 1. The maximum absolute atomic E-state index is 5.81. The molecule has 7 heteroatoms. The maximum atomic E-state index is 5.81. The molecule has 0 bridgehead atoms. The average molecular weight is 290 g/mol. The molecule has 1 aromatic rings. The number of thiocarbonyl (C=S) groups is 1. The van der Waals surface area contributed by atoms with Crippen LogP contribution in [0.25, 0.3) is 0 Å². The molecule has 0 aromatic carbocycles. The van der Waals surface area contributed by atoms with Gasteiger partial charge in [-0.2, -0.15) is 0 Å². The topological polar surface area (TPSA) is 38.2 Å². The summed E-state index contributed by atoms with van der Waals surface area (Å²) < 4.78 is 6.09. The molecule has 2 heterocycles. The van der Waals surface area contributed by atoms with E-state index in [0.717, 1.165) is 41.3 Å². The van der Waals surface area contributed by atoms with E-state index in [2.05, 4.69) is 14.9 Å². The highest BCUT2D eigenvalue weighted by atomic mass is 35.5. The summed E-state index contributed by atoms with van der Waals surface area (Å²) in [6.07, 6.45) is 0. The minimum atomic E-state index is 0.261. The van der Waals surface area contributed by atoms with Crippen molar-refractivity contribution in [2.45, 2.75) is 11.9 Å². The van der Waals surface area contributed by atoms with Crippen LogP contribution in [0.3, 0.4) is 0 Å². The zero-order valence-corrected chi connectivity index (χ0v) is 11.7. The van der Waals surface area contributed by atoms with Gasteiger partial charge in [0.15, 0.2) is 0 Å². The lowest BCUT2D eigenvalue weighted by molar-refractivity contribution is 0.0702. The third-order valence-electron chi connectivity index (χ3n) is 2.26. The molecule has 0 spiro atoms. The first-order valence-corrected chi connectivity index (χ1v) is 6.81. The summed E-state index contributed by atoms with van der Waals surface area (Å²) in [5, 5.41) is 1.05. The summed E-state index contributed by atoms with van der Waals surface area (Å²) in [5.74, 6) is 0. The summed E-state index contributed by atoms with van der Waals surface area (Å²) in [4.78, 5) is 10.3. The molecule has 1 aliphatic rings. The number of aryl methyl sites for hydroxylation is 1. The highest BCUT2D eigenvalue weighted by Gasteiger charge is 2.15. The van der Waals surface area contributed by atoms with Gasteiger partial charge in [-0.15, -0.1) is 0 Å². The molecule has 1 aliphatic heterocycles. The zero-order chi connectivity index (χ0) is 12.3. The standard InChI is InChI=1S/C10H12ClN3OS2/c1-7-6-8(13-9(11)12-7)17-10(16)14-2-4-15-5-3-14/h6H,2-5H2,1H3. The van der Waals surface area contributed by atoms with E-state index in [-0.39, 0.29) is 5.28 Å². The molecule has 0 amide bonds. The fourth-order valence-corrected chi connectivity index (χ4v) is 3.02. The van der Waals surface area contributed by atoms with E-state index >= 15 is 0 Å². The summed E-state index contributed by atoms with van der Waals surface area (Å²) in [7, 11) is 0. The van der Waals surface area contributed by atoms with Crippen LogP contribution in [-0.4, -0.2) is 45.5 Å². The Balaban J connectivity index is 2.01. The Morgan fingerprint density at radius 3 is 2.82 bits per heavy atom. The van der Waals surface area contributed by atoms with Crippen LogP contribution in [-0.2, 0) is 4.74 Å². The zero-order valence-electron chi connectivity index (χ0n) is 9.35. The highest BCUT2D eigenvalue weighted by Crippen LogP contribution is 2.22. The van der Waals surface area contributed by atoms with E-state index in [1.54, 1.807) is 0 Å². The summed E-state index contributed by atoms with van der Waals surface area (Å²) >= 11 is 12.6. The van der Waals surface area contributed by atoms with E-state index in [1.165, 1.54) is 11.8 Å². The van der Waals surface area contributed by atoms with Gasteiger partial charge in [-0.3, -0.25) is 0 Å². The molecule has 2 rings (SSSR count). The number of rotatable bonds is 1. The Hall–Kier alpha value is -0.430. The van der Waals surface area contributed by atoms with Crippen molar-refractivity contribution >= 4 is 39.9 Å². The van der Waals surface area contributed by atoms with Crippen LogP contribution in [0.2, 0.25) is 5.28 Å². The van der Waals surface area contributed by atoms with Gasteiger partial charge in [0.2, 0.25) is 5.28 Å². The van der Waals surface area contributed by atoms with Gasteiger partial charge in [-0.1, -0.05) is 12.2 Å². The van der Waals surface area contributed by atoms with Gasteiger partial charge < -0.3 is 9.64 Å². The number of aromatic nitrogens is 2. The summed E-state index contributed by atoms with van der Waals surface area (Å²) in [5.41, 5.74) is 0.845. The third kappa shape index (κ3) is 3.77. The molecule has 92 valence electrons. The largest absolute Gasteiger partial charge is 0.378 e. The SMILES string of the molecule is Cc1cc(SC(=S)N2CCOCC2)nc(Cl)n1. The van der Waals surface area contributed by atoms with Gasteiger partial charge in [0.25, 0.3) is 0 Å². The average Bonchev–Trinajstić information content (AvgIpc) is 2.28. The van der Waals surface area contributed by atoms with Crippen LogP contribution >= 0.6 is 35.6 Å². The van der Waals surface area contributed by atoms with Crippen LogP contribution in [0.5, 0.6) is 0 Å². The molecule has 1 aromatic heterocycles. The number of ether oxygens (including phenoxy) is 1. The molecule has 0 radical (unpaired) electrons. The Labute approximate surface area is 115 Å². The second kappa shape index (κ2) is 5.95. The minimum Gasteiger partial charge on any atom is -0.378 e. The quantitative estimate of drug-likeness (QED) is 0.341. The lowest BCUT2D eigenvalue weighted by Crippen LogP contribution is -2.38. The summed E-state index contributed by atoms with van der Waals surface area (Å²) in [6.45, 7) is 5.01. The van der Waals surface area contributed by atoms with Crippen molar-refractivity contribution in [1.29, 1.82) is 0 Å². The van der Waals surface area contributed by atoms with Gasteiger partial charge in [0.1, 0.15) is 9.35 Å². The lowest BCUT2D eigenvalue weighted by atomic mass is 10.5. The second-order valence-corrected chi connectivity index (χ2v) is 5.58. The van der Waals surface area contributed by atoms with Crippen LogP contribution in [0.15, 0.2) is 11.1 Å². The van der Waals surface area contributed by atoms with Gasteiger partial charge >= 0.3 is 0 Å². The van der Waals surface area contributed by atoms with Crippen LogP contribution in [0.1, 0.15) is 5.69 Å². The van der Waals surface area contributed by atoms with Crippen molar-refractivity contribution in [2.24, 2.45) is 0 Å². The monoisotopic (exact) mass is 289 g/mol. The van der Waals surface area contributed by atoms with Crippen molar-refractivity contribution < 1.29 is 4.74 Å².